The van der Waals surface area contributed by atoms with Gasteiger partial charge in [-0.15, -0.1) is 6.58 Å². The van der Waals surface area contributed by atoms with Gasteiger partial charge in [-0.3, -0.25) is 4.79 Å². The topological polar surface area (TPSA) is 715 Å². The summed E-state index contributed by atoms with van der Waals surface area (Å²) in [7, 11) is 0. The number of aliphatic hydroxyl groups excluding tert-OH is 25. The zero-order valence-corrected chi connectivity index (χ0v) is 79.4. The van der Waals surface area contributed by atoms with Crippen molar-refractivity contribution in [3.05, 3.63) is 36.0 Å². The van der Waals surface area contributed by atoms with E-state index >= 15 is 4.79 Å². The fourth-order valence-corrected chi connectivity index (χ4v) is 24.4. The minimum Gasteiger partial charge on any atom is -0.458 e. The van der Waals surface area contributed by atoms with Crippen LogP contribution in [-0.2, 0) is 99.6 Å². The average molecular weight is 1990 g/mol. The van der Waals surface area contributed by atoms with Crippen LogP contribution in [-0.4, -0.2) is 461 Å². The van der Waals surface area contributed by atoms with E-state index in [1.54, 1.807) is 6.92 Å². The number of hydrogen-bond donors (Lipinski definition) is 25. The van der Waals surface area contributed by atoms with E-state index in [0.717, 1.165) is 5.57 Å². The van der Waals surface area contributed by atoms with E-state index in [0.29, 0.717) is 32.1 Å². The predicted molar refractivity (Wildman–Crippen MR) is 459 cm³/mol. The van der Waals surface area contributed by atoms with Gasteiger partial charge < -0.3 is 218 Å². The highest BCUT2D eigenvalue weighted by atomic mass is 16.8. The first-order valence-electron chi connectivity index (χ1n) is 48.0. The number of ether oxygens (including phenoxy) is 19. The summed E-state index contributed by atoms with van der Waals surface area (Å²) in [4.78, 5) is 31.8. The molecule has 792 valence electrons. The van der Waals surface area contributed by atoms with Gasteiger partial charge in [-0.05, 0) is 138 Å². The molecule has 53 atom stereocenters. The molecule has 0 spiro atoms. The Labute approximate surface area is 797 Å². The lowest BCUT2D eigenvalue weighted by Crippen LogP contribution is -2.68. The molecule has 46 heteroatoms. The molecule has 4 saturated carbocycles. The standard InChI is InChI=1S/C92H148O46/c1-14-88(10,138-81-68(116)59(107)51(99)35(3)123-81)21-15-16-38(28-93)75(118)130-49-27-92(85(119)137-84-74(62(110)55(103)43(30-95)128-84)136-80-69(117)71(133-77-66(114)58(106)50(98)34(2)122-77)70(37(5)125-80)132-78-65(113)56(104)44(31-96)127-78)25-24-90(12)39(40(92)26-86(49,6)7)17-18-47-89(11)22-20-48(87(8,9)46(89)19-23-91(47,90)13)131-83-73(135-79-67(115)60(108)54(102)42(29-94)126-79)63(111)57(105)45(129-83)33-121-82-72(61(109)52(100)36(4)124-82)134-76-64(112)53(101)41(97)32-120-76/h14,16-17,34-37,40-74,76-84,93-117H,1,15,18-33H2,2-13H3. The Hall–Kier alpha value is -3.52. The second kappa shape index (κ2) is 43.0. The number of carbonyl (C=O) groups is 2. The van der Waals surface area contributed by atoms with Gasteiger partial charge >= 0.3 is 11.9 Å². The Morgan fingerprint density at radius 2 is 0.906 bits per heavy atom. The third-order valence-electron chi connectivity index (χ3n) is 33.5. The molecule has 0 aromatic rings. The lowest BCUT2D eigenvalue weighted by atomic mass is 9.33. The summed E-state index contributed by atoms with van der Waals surface area (Å²) in [5.74, 6) is -3.13. The Morgan fingerprint density at radius 3 is 1.50 bits per heavy atom. The number of allylic oxidation sites excluding steroid dienone is 3. The van der Waals surface area contributed by atoms with Crippen LogP contribution in [0.3, 0.4) is 0 Å². The van der Waals surface area contributed by atoms with Crippen LogP contribution in [0.5, 0.6) is 0 Å². The molecule has 0 aromatic carbocycles. The number of fused-ring (bicyclic) bond motifs is 7. The maximum absolute atomic E-state index is 16.8. The van der Waals surface area contributed by atoms with Gasteiger partial charge in [0.1, 0.15) is 183 Å². The summed E-state index contributed by atoms with van der Waals surface area (Å²) in [6.45, 7) is 20.9. The molecule has 14 aliphatic rings. The third-order valence-corrected chi connectivity index (χ3v) is 33.5. The summed E-state index contributed by atoms with van der Waals surface area (Å²) in [6.07, 6.45) is -69.3. The fourth-order valence-electron chi connectivity index (χ4n) is 24.4. The van der Waals surface area contributed by atoms with Gasteiger partial charge in [-0.1, -0.05) is 72.3 Å². The summed E-state index contributed by atoms with van der Waals surface area (Å²) in [6, 6.07) is 0. The molecule has 53 unspecified atom stereocenters. The van der Waals surface area contributed by atoms with Crippen molar-refractivity contribution in [2.75, 3.05) is 39.6 Å². The lowest BCUT2D eigenvalue weighted by Gasteiger charge is -2.71. The van der Waals surface area contributed by atoms with E-state index < -0.39 is 372 Å². The van der Waals surface area contributed by atoms with Crippen LogP contribution in [0.1, 0.15) is 154 Å². The zero-order valence-electron chi connectivity index (χ0n) is 79.4. The molecule has 46 nitrogen and oxygen atoms in total. The number of hydrogen-bond acceptors (Lipinski definition) is 46. The second-order valence-electron chi connectivity index (χ2n) is 42.7. The van der Waals surface area contributed by atoms with Crippen molar-refractivity contribution in [2.45, 2.75) is 436 Å². The number of rotatable bonds is 29. The molecule has 0 radical (unpaired) electrons. The maximum Gasteiger partial charge on any atom is 0.336 e. The molecule has 9 saturated heterocycles. The summed E-state index contributed by atoms with van der Waals surface area (Å²) >= 11 is 0. The summed E-state index contributed by atoms with van der Waals surface area (Å²) in [5.41, 5.74) is -6.28. The average Bonchev–Trinajstić information content (AvgIpc) is 0.681. The normalized spacial score (nSPS) is 51.9. The number of aliphatic hydroxyl groups is 25. The molecule has 5 aliphatic carbocycles. The Balaban J connectivity index is 0.762. The summed E-state index contributed by atoms with van der Waals surface area (Å²) < 4.78 is 117. The molecule has 14 rings (SSSR count). The first kappa shape index (κ1) is 110. The van der Waals surface area contributed by atoms with Crippen molar-refractivity contribution < 1.29 is 227 Å². The third kappa shape index (κ3) is 20.5. The van der Waals surface area contributed by atoms with E-state index in [-0.39, 0.29) is 55.9 Å². The highest BCUT2D eigenvalue weighted by Gasteiger charge is 2.73. The van der Waals surface area contributed by atoms with E-state index in [4.69, 9.17) is 90.0 Å². The van der Waals surface area contributed by atoms with Crippen LogP contribution in [0.2, 0.25) is 0 Å². The number of carbonyl (C=O) groups excluding carboxylic acids is 2. The van der Waals surface area contributed by atoms with Crippen LogP contribution < -0.4 is 0 Å². The first-order chi connectivity index (χ1) is 64.7. The quantitative estimate of drug-likeness (QED) is 0.0143. The monoisotopic (exact) mass is 1990 g/mol. The van der Waals surface area contributed by atoms with E-state index in [1.807, 2.05) is 27.7 Å². The second-order valence-corrected chi connectivity index (χ2v) is 42.7. The molecule has 25 N–H and O–H groups in total. The van der Waals surface area contributed by atoms with E-state index in [9.17, 15) is 132 Å². The largest absolute Gasteiger partial charge is 0.458 e. The van der Waals surface area contributed by atoms with Crippen molar-refractivity contribution >= 4 is 11.9 Å². The highest BCUT2D eigenvalue weighted by Crippen LogP contribution is 2.76. The van der Waals surface area contributed by atoms with Gasteiger partial charge in [-0.2, -0.15) is 0 Å². The summed E-state index contributed by atoms with van der Waals surface area (Å²) in [5, 5.41) is 277. The molecule has 9 aliphatic heterocycles. The minimum absolute atomic E-state index is 0.0115. The fraction of sp³-hybridized carbons (Fsp3) is 0.913. The van der Waals surface area contributed by atoms with Crippen molar-refractivity contribution in [2.24, 2.45) is 50.2 Å². The zero-order chi connectivity index (χ0) is 101. The van der Waals surface area contributed by atoms with Crippen LogP contribution in [0.4, 0.5) is 0 Å². The molecular formula is C92H148O46. The Kier molecular flexibility index (Phi) is 34.3. The molecular weight excluding hydrogens is 1840 g/mol. The van der Waals surface area contributed by atoms with Crippen LogP contribution in [0, 0.1) is 50.2 Å². The van der Waals surface area contributed by atoms with Gasteiger partial charge in [0.25, 0.3) is 0 Å². The predicted octanol–water partition coefficient (Wildman–Crippen LogP) is -7.37. The molecule has 0 amide bonds. The Morgan fingerprint density at radius 1 is 0.442 bits per heavy atom. The minimum atomic E-state index is -2.19. The maximum atomic E-state index is 16.8. The number of esters is 2. The van der Waals surface area contributed by atoms with Gasteiger partial charge in [-0.25, -0.2) is 4.79 Å². The molecule has 13 fully saturated rings. The van der Waals surface area contributed by atoms with Gasteiger partial charge in [0.2, 0.25) is 6.29 Å². The molecule has 0 bridgehead atoms. The molecule has 9 heterocycles. The van der Waals surface area contributed by atoms with Crippen molar-refractivity contribution in [1.29, 1.82) is 0 Å². The van der Waals surface area contributed by atoms with Crippen molar-refractivity contribution in [3.63, 3.8) is 0 Å². The SMILES string of the molecule is C=CC(C)(CCC=C(CO)C(=O)OC1CC2(C(=O)OC3OC(CO)C(O)C(O)C3OC3OC(C)C(OC4OC(CO)C(O)C4O)C(OC4OC(C)C(O)C(O)C4O)C3O)CCC3(C)C(=CCC4C5(C)CCC(OC6OC(COC7OC(C)C(O)C(O)C7OC7OCC(O)C(O)C7O)C(O)C(O)C6OC6OC(CO)C(O)C(O)C6O)C(C)(C)C5CCC43C)C2CC1(C)C)OC1OC(C)C(O)C(O)C1O. The van der Waals surface area contributed by atoms with Crippen LogP contribution in [0.15, 0.2) is 36.0 Å². The highest BCUT2D eigenvalue weighted by molar-refractivity contribution is 5.89. The van der Waals surface area contributed by atoms with Crippen molar-refractivity contribution in [1.82, 2.24) is 0 Å². The molecule has 138 heavy (non-hydrogen) atoms. The van der Waals surface area contributed by atoms with Crippen LogP contribution in [0.25, 0.3) is 0 Å². The van der Waals surface area contributed by atoms with E-state index in [1.165, 1.54) is 39.8 Å². The van der Waals surface area contributed by atoms with Crippen LogP contribution >= 0.6 is 0 Å². The lowest BCUT2D eigenvalue weighted by molar-refractivity contribution is -0.389. The smallest absolute Gasteiger partial charge is 0.336 e. The molecule has 0 aromatic heterocycles. The Bertz CT molecular complexity index is 4130. The van der Waals surface area contributed by atoms with E-state index in [2.05, 4.69) is 33.4 Å². The van der Waals surface area contributed by atoms with Gasteiger partial charge in [0, 0.05) is 11.8 Å². The van der Waals surface area contributed by atoms with Gasteiger partial charge in [0.15, 0.2) is 56.4 Å². The van der Waals surface area contributed by atoms with Gasteiger partial charge in [0.05, 0.1) is 86.8 Å². The van der Waals surface area contributed by atoms with Crippen molar-refractivity contribution in [3.8, 4) is 0 Å². The first-order valence-corrected chi connectivity index (χ1v) is 48.0.